The lowest BCUT2D eigenvalue weighted by Crippen LogP contribution is -2.48. The summed E-state index contributed by atoms with van der Waals surface area (Å²) in [5.74, 6) is 0.536. The minimum Gasteiger partial charge on any atom is -0.473 e. The third kappa shape index (κ3) is 3.48. The first-order valence-corrected chi connectivity index (χ1v) is 9.88. The van der Waals surface area contributed by atoms with Crippen molar-refractivity contribution in [3.05, 3.63) is 36.4 Å². The maximum atomic E-state index is 12.7. The van der Waals surface area contributed by atoms with E-state index in [1.54, 1.807) is 0 Å². The van der Waals surface area contributed by atoms with Crippen molar-refractivity contribution in [1.29, 1.82) is 0 Å². The van der Waals surface area contributed by atoms with Crippen molar-refractivity contribution in [2.24, 2.45) is 0 Å². The van der Waals surface area contributed by atoms with Gasteiger partial charge in [0.25, 0.3) is 10.2 Å². The Labute approximate surface area is 147 Å². The normalized spacial score (nSPS) is 23.1. The zero-order chi connectivity index (χ0) is 17.3. The van der Waals surface area contributed by atoms with Crippen molar-refractivity contribution in [1.82, 2.24) is 13.6 Å². The van der Waals surface area contributed by atoms with Crippen molar-refractivity contribution in [3.63, 3.8) is 0 Å². The fourth-order valence-corrected chi connectivity index (χ4v) is 4.86. The van der Waals surface area contributed by atoms with Crippen LogP contribution in [0.1, 0.15) is 6.42 Å². The molecule has 0 aliphatic carbocycles. The van der Waals surface area contributed by atoms with Gasteiger partial charge in [0, 0.05) is 31.1 Å². The first kappa shape index (κ1) is 16.7. The third-order valence-corrected chi connectivity index (χ3v) is 6.59. The number of nitrogens with zero attached hydrogens (tertiary/aromatic N) is 3. The molecule has 4 rings (SSSR count). The second-order valence-electron chi connectivity index (χ2n) is 6.25. The van der Waals surface area contributed by atoms with Gasteiger partial charge in [-0.2, -0.15) is 17.0 Å². The molecule has 134 valence electrons. The summed E-state index contributed by atoms with van der Waals surface area (Å²) in [7, 11) is -3.44. The van der Waals surface area contributed by atoms with E-state index in [-0.39, 0.29) is 6.10 Å². The van der Waals surface area contributed by atoms with Crippen LogP contribution in [0.3, 0.4) is 0 Å². The maximum absolute atomic E-state index is 12.7. The molecule has 0 amide bonds. The molecular formula is C17H21N3O4S. The van der Waals surface area contributed by atoms with Crippen LogP contribution < -0.4 is 4.74 Å². The number of hydrogen-bond donors (Lipinski definition) is 0. The fraction of sp³-hybridized carbons (Fsp3) is 0.471. The number of aromatic nitrogens is 1. The average molecular weight is 363 g/mol. The Kier molecular flexibility index (Phi) is 4.60. The molecule has 0 N–H and O–H groups in total. The summed E-state index contributed by atoms with van der Waals surface area (Å²) in [5, 5.41) is 1.05. The van der Waals surface area contributed by atoms with E-state index in [0.29, 0.717) is 51.7 Å². The molecule has 0 bridgehead atoms. The highest BCUT2D eigenvalue weighted by atomic mass is 32.2. The first-order valence-electron chi connectivity index (χ1n) is 8.48. The molecule has 2 aliphatic heterocycles. The Morgan fingerprint density at radius 1 is 1.04 bits per heavy atom. The number of benzene rings is 1. The molecule has 7 nitrogen and oxygen atoms in total. The van der Waals surface area contributed by atoms with Crippen molar-refractivity contribution in [2.45, 2.75) is 12.5 Å². The number of ether oxygens (including phenoxy) is 2. The quantitative estimate of drug-likeness (QED) is 0.818. The molecule has 1 atom stereocenters. The molecule has 2 saturated heterocycles. The third-order valence-electron chi connectivity index (χ3n) is 4.59. The van der Waals surface area contributed by atoms with Crippen molar-refractivity contribution < 1.29 is 17.9 Å². The Morgan fingerprint density at radius 3 is 2.68 bits per heavy atom. The molecule has 1 aromatic carbocycles. The Morgan fingerprint density at radius 2 is 1.84 bits per heavy atom. The van der Waals surface area contributed by atoms with Gasteiger partial charge in [-0.3, -0.25) is 0 Å². The first-order chi connectivity index (χ1) is 12.1. The van der Waals surface area contributed by atoms with Crippen molar-refractivity contribution in [2.75, 3.05) is 39.4 Å². The molecule has 0 saturated carbocycles. The number of morpholine rings is 1. The summed E-state index contributed by atoms with van der Waals surface area (Å²) >= 11 is 0. The van der Waals surface area contributed by atoms with Gasteiger partial charge in [-0.25, -0.2) is 4.98 Å². The predicted molar refractivity (Wildman–Crippen MR) is 93.7 cm³/mol. The smallest absolute Gasteiger partial charge is 0.282 e. The Bertz CT molecular complexity index is 852. The molecule has 1 unspecified atom stereocenters. The molecular weight excluding hydrogens is 342 g/mol. The zero-order valence-electron chi connectivity index (χ0n) is 13.9. The lowest BCUT2D eigenvalue weighted by molar-refractivity contribution is 0.0703. The van der Waals surface area contributed by atoms with E-state index in [1.807, 2.05) is 36.4 Å². The largest absolute Gasteiger partial charge is 0.473 e. The fourth-order valence-electron chi connectivity index (χ4n) is 3.23. The van der Waals surface area contributed by atoms with Crippen molar-refractivity contribution in [3.8, 4) is 5.88 Å². The van der Waals surface area contributed by atoms with E-state index >= 15 is 0 Å². The molecule has 3 heterocycles. The zero-order valence-corrected chi connectivity index (χ0v) is 14.7. The number of fused-ring (bicyclic) bond motifs is 1. The Hall–Kier alpha value is -1.74. The van der Waals surface area contributed by atoms with Gasteiger partial charge in [-0.1, -0.05) is 18.2 Å². The van der Waals surface area contributed by atoms with Crippen LogP contribution in [0.25, 0.3) is 10.9 Å². The standard InChI is InChI=1S/C17H21N3O4S/c21-25(22,19-9-11-23-12-10-19)20-8-7-15(13-20)24-17-6-5-14-3-1-2-4-16(14)18-17/h1-6,15H,7-13H2. The van der Waals surface area contributed by atoms with Gasteiger partial charge >= 0.3 is 0 Å². The topological polar surface area (TPSA) is 72.0 Å². The molecule has 2 fully saturated rings. The van der Waals surface area contributed by atoms with Crippen molar-refractivity contribution >= 4 is 21.1 Å². The van der Waals surface area contributed by atoms with E-state index in [2.05, 4.69) is 4.98 Å². The van der Waals surface area contributed by atoms with Gasteiger partial charge < -0.3 is 9.47 Å². The lowest BCUT2D eigenvalue weighted by atomic mass is 10.2. The van der Waals surface area contributed by atoms with Gasteiger partial charge in [-0.15, -0.1) is 0 Å². The monoisotopic (exact) mass is 363 g/mol. The van der Waals surface area contributed by atoms with Crippen LogP contribution in [-0.4, -0.2) is 67.5 Å². The maximum Gasteiger partial charge on any atom is 0.282 e. The van der Waals surface area contributed by atoms with Crippen LogP contribution in [0.5, 0.6) is 5.88 Å². The van der Waals surface area contributed by atoms with Crippen LogP contribution in [0.4, 0.5) is 0 Å². The highest BCUT2D eigenvalue weighted by Crippen LogP contribution is 2.23. The van der Waals surface area contributed by atoms with Crippen LogP contribution in [-0.2, 0) is 14.9 Å². The average Bonchev–Trinajstić information content (AvgIpc) is 3.12. The van der Waals surface area contributed by atoms with Crippen LogP contribution in [0.2, 0.25) is 0 Å². The van der Waals surface area contributed by atoms with E-state index in [4.69, 9.17) is 9.47 Å². The van der Waals surface area contributed by atoms with Gasteiger partial charge in [0.1, 0.15) is 6.10 Å². The number of pyridine rings is 1. The minimum absolute atomic E-state index is 0.176. The molecule has 2 aliphatic rings. The summed E-state index contributed by atoms with van der Waals surface area (Å²) in [4.78, 5) is 4.50. The lowest BCUT2D eigenvalue weighted by Gasteiger charge is -2.29. The van der Waals surface area contributed by atoms with E-state index in [1.165, 1.54) is 8.61 Å². The van der Waals surface area contributed by atoms with Crippen LogP contribution in [0, 0.1) is 0 Å². The number of para-hydroxylation sites is 1. The van der Waals surface area contributed by atoms with Crippen LogP contribution in [0.15, 0.2) is 36.4 Å². The minimum atomic E-state index is -3.44. The summed E-state index contributed by atoms with van der Waals surface area (Å²) in [6.07, 6.45) is 0.488. The molecule has 25 heavy (non-hydrogen) atoms. The van der Waals surface area contributed by atoms with Gasteiger partial charge in [0.05, 0.1) is 25.3 Å². The predicted octanol–water partition coefficient (Wildman–Crippen LogP) is 1.26. The summed E-state index contributed by atoms with van der Waals surface area (Å²) in [6, 6.07) is 11.6. The van der Waals surface area contributed by atoms with Gasteiger partial charge in [-0.05, 0) is 18.6 Å². The molecule has 0 spiro atoms. The summed E-state index contributed by atoms with van der Waals surface area (Å²) in [5.41, 5.74) is 0.871. The SMILES string of the molecule is O=S(=O)(N1CCOCC1)N1CCC(Oc2ccc3ccccc3n2)C1. The molecule has 1 aromatic heterocycles. The molecule has 8 heteroatoms. The van der Waals surface area contributed by atoms with Gasteiger partial charge in [0.2, 0.25) is 5.88 Å². The molecule has 2 aromatic rings. The van der Waals surface area contributed by atoms with E-state index < -0.39 is 10.2 Å². The second kappa shape index (κ2) is 6.87. The van der Waals surface area contributed by atoms with E-state index in [0.717, 1.165) is 10.9 Å². The summed E-state index contributed by atoms with van der Waals surface area (Å²) in [6.45, 7) is 2.56. The van der Waals surface area contributed by atoms with E-state index in [9.17, 15) is 8.42 Å². The second-order valence-corrected chi connectivity index (χ2v) is 8.18. The number of rotatable bonds is 4. The van der Waals surface area contributed by atoms with Crippen LogP contribution >= 0.6 is 0 Å². The van der Waals surface area contributed by atoms with Gasteiger partial charge in [0.15, 0.2) is 0 Å². The highest BCUT2D eigenvalue weighted by molar-refractivity contribution is 7.86. The Balaban J connectivity index is 1.43. The summed E-state index contributed by atoms with van der Waals surface area (Å²) < 4.78 is 39.5. The highest BCUT2D eigenvalue weighted by Gasteiger charge is 2.37. The number of hydrogen-bond acceptors (Lipinski definition) is 5. The molecule has 0 radical (unpaired) electrons.